The van der Waals surface area contributed by atoms with E-state index in [0.717, 1.165) is 12.1 Å². The maximum absolute atomic E-state index is 13.1. The Kier molecular flexibility index (Phi) is 4.51. The number of nitrogen functional groups attached to an aromatic ring is 1. The van der Waals surface area contributed by atoms with Gasteiger partial charge in [0, 0.05) is 6.54 Å². The summed E-state index contributed by atoms with van der Waals surface area (Å²) in [5, 5.41) is 0. The van der Waals surface area contributed by atoms with Crippen molar-refractivity contribution in [3.8, 4) is 0 Å². The third-order valence-corrected chi connectivity index (χ3v) is 4.11. The standard InChI is InChI=1S/C10H14BrFN2O2S/c1-6(2)5-14-17(15,16)10-3-7(11)8(12)4-9(10)13/h3-4,6,14H,5,13H2,1-2H3. The summed E-state index contributed by atoms with van der Waals surface area (Å²) in [6.07, 6.45) is 0. The van der Waals surface area contributed by atoms with Gasteiger partial charge in [0.15, 0.2) is 0 Å². The van der Waals surface area contributed by atoms with Crippen LogP contribution in [0.2, 0.25) is 0 Å². The lowest BCUT2D eigenvalue weighted by Gasteiger charge is -2.11. The molecular formula is C10H14BrFN2O2S. The van der Waals surface area contributed by atoms with E-state index >= 15 is 0 Å². The highest BCUT2D eigenvalue weighted by molar-refractivity contribution is 9.10. The van der Waals surface area contributed by atoms with E-state index in [1.807, 2.05) is 13.8 Å². The fraction of sp³-hybridized carbons (Fsp3) is 0.400. The fourth-order valence-corrected chi connectivity index (χ4v) is 2.98. The third kappa shape index (κ3) is 3.65. The van der Waals surface area contributed by atoms with Gasteiger partial charge in [0.2, 0.25) is 10.0 Å². The SMILES string of the molecule is CC(C)CNS(=O)(=O)c1cc(Br)c(F)cc1N. The lowest BCUT2D eigenvalue weighted by atomic mass is 10.2. The summed E-state index contributed by atoms with van der Waals surface area (Å²) in [6, 6.07) is 2.14. The molecule has 7 heteroatoms. The van der Waals surface area contributed by atoms with Crippen LogP contribution < -0.4 is 10.5 Å². The molecule has 0 saturated heterocycles. The molecule has 0 unspecified atom stereocenters. The number of rotatable bonds is 4. The van der Waals surface area contributed by atoms with E-state index in [-0.39, 0.29) is 21.0 Å². The van der Waals surface area contributed by atoms with Gasteiger partial charge in [0.25, 0.3) is 0 Å². The van der Waals surface area contributed by atoms with Gasteiger partial charge in [0.05, 0.1) is 10.2 Å². The monoisotopic (exact) mass is 324 g/mol. The molecule has 0 heterocycles. The lowest BCUT2D eigenvalue weighted by molar-refractivity contribution is 0.560. The van der Waals surface area contributed by atoms with Crippen molar-refractivity contribution in [3.05, 3.63) is 22.4 Å². The van der Waals surface area contributed by atoms with E-state index in [1.165, 1.54) is 0 Å². The van der Waals surface area contributed by atoms with Crippen LogP contribution >= 0.6 is 15.9 Å². The number of halogens is 2. The van der Waals surface area contributed by atoms with Crippen LogP contribution in [0.1, 0.15) is 13.8 Å². The number of hydrogen-bond donors (Lipinski definition) is 2. The van der Waals surface area contributed by atoms with E-state index in [1.54, 1.807) is 0 Å². The molecule has 1 rings (SSSR count). The normalized spacial score (nSPS) is 12.1. The maximum atomic E-state index is 13.1. The average Bonchev–Trinajstić information content (AvgIpc) is 2.20. The number of nitrogens with two attached hydrogens (primary N) is 1. The van der Waals surface area contributed by atoms with Crippen LogP contribution in [-0.4, -0.2) is 15.0 Å². The first-order chi connectivity index (χ1) is 7.74. The smallest absolute Gasteiger partial charge is 0.242 e. The minimum Gasteiger partial charge on any atom is -0.398 e. The summed E-state index contributed by atoms with van der Waals surface area (Å²) in [5.74, 6) is -0.416. The molecule has 0 aromatic heterocycles. The number of nitrogens with one attached hydrogen (secondary N) is 1. The fourth-order valence-electron chi connectivity index (χ4n) is 1.13. The Bertz CT molecular complexity index is 517. The molecular weight excluding hydrogens is 311 g/mol. The summed E-state index contributed by atoms with van der Waals surface area (Å²) < 4.78 is 39.4. The molecule has 1 aromatic rings. The molecule has 1 aromatic carbocycles. The van der Waals surface area contributed by atoms with Crippen LogP contribution in [0.5, 0.6) is 0 Å². The zero-order valence-electron chi connectivity index (χ0n) is 9.50. The summed E-state index contributed by atoms with van der Waals surface area (Å²) >= 11 is 2.93. The second-order valence-electron chi connectivity index (χ2n) is 4.05. The number of hydrogen-bond acceptors (Lipinski definition) is 3. The van der Waals surface area contributed by atoms with Crippen LogP contribution in [0.25, 0.3) is 0 Å². The van der Waals surface area contributed by atoms with E-state index in [0.29, 0.717) is 6.54 Å². The Morgan fingerprint density at radius 3 is 2.59 bits per heavy atom. The summed E-state index contributed by atoms with van der Waals surface area (Å²) in [7, 11) is -3.70. The number of anilines is 1. The summed E-state index contributed by atoms with van der Waals surface area (Å²) in [5.41, 5.74) is 5.39. The molecule has 0 bridgehead atoms. The molecule has 0 spiro atoms. The zero-order chi connectivity index (χ0) is 13.2. The van der Waals surface area contributed by atoms with Crippen LogP contribution in [0.3, 0.4) is 0 Å². The topological polar surface area (TPSA) is 72.2 Å². The highest BCUT2D eigenvalue weighted by Crippen LogP contribution is 2.25. The van der Waals surface area contributed by atoms with Gasteiger partial charge in [-0.1, -0.05) is 13.8 Å². The van der Waals surface area contributed by atoms with Crippen molar-refractivity contribution in [3.63, 3.8) is 0 Å². The first kappa shape index (κ1) is 14.4. The molecule has 96 valence electrons. The van der Waals surface area contributed by atoms with Crippen molar-refractivity contribution in [2.24, 2.45) is 5.92 Å². The van der Waals surface area contributed by atoms with Gasteiger partial charge in [-0.2, -0.15) is 0 Å². The van der Waals surface area contributed by atoms with Gasteiger partial charge in [-0.05, 0) is 34.0 Å². The predicted molar refractivity (Wildman–Crippen MR) is 68.5 cm³/mol. The van der Waals surface area contributed by atoms with Crippen molar-refractivity contribution >= 4 is 31.6 Å². The van der Waals surface area contributed by atoms with Crippen LogP contribution in [0.15, 0.2) is 21.5 Å². The number of sulfonamides is 1. The summed E-state index contributed by atoms with van der Waals surface area (Å²) in [4.78, 5) is -0.119. The molecule has 4 nitrogen and oxygen atoms in total. The second-order valence-corrected chi connectivity index (χ2v) is 6.64. The Morgan fingerprint density at radius 1 is 1.47 bits per heavy atom. The van der Waals surface area contributed by atoms with Crippen molar-refractivity contribution in [2.45, 2.75) is 18.7 Å². The van der Waals surface area contributed by atoms with Gasteiger partial charge >= 0.3 is 0 Å². The first-order valence-corrected chi connectivity index (χ1v) is 7.26. The number of benzene rings is 1. The minimum atomic E-state index is -3.70. The first-order valence-electron chi connectivity index (χ1n) is 4.98. The molecule has 3 N–H and O–H groups in total. The zero-order valence-corrected chi connectivity index (χ0v) is 11.9. The van der Waals surface area contributed by atoms with Crippen molar-refractivity contribution < 1.29 is 12.8 Å². The highest BCUT2D eigenvalue weighted by Gasteiger charge is 2.19. The molecule has 0 atom stereocenters. The molecule has 17 heavy (non-hydrogen) atoms. The van der Waals surface area contributed by atoms with Crippen molar-refractivity contribution in [2.75, 3.05) is 12.3 Å². The lowest BCUT2D eigenvalue weighted by Crippen LogP contribution is -2.28. The van der Waals surface area contributed by atoms with Gasteiger partial charge in [-0.15, -0.1) is 0 Å². The predicted octanol–water partition coefficient (Wildman–Crippen LogP) is 2.10. The van der Waals surface area contributed by atoms with Gasteiger partial charge in [-0.25, -0.2) is 17.5 Å². The molecule has 0 aliphatic heterocycles. The van der Waals surface area contributed by atoms with Crippen LogP contribution in [-0.2, 0) is 10.0 Å². The van der Waals surface area contributed by atoms with E-state index in [2.05, 4.69) is 20.7 Å². The Labute approximate surface area is 109 Å². The van der Waals surface area contributed by atoms with Gasteiger partial charge in [-0.3, -0.25) is 0 Å². The Hall–Kier alpha value is -0.660. The highest BCUT2D eigenvalue weighted by atomic mass is 79.9. The maximum Gasteiger partial charge on any atom is 0.242 e. The molecule has 0 radical (unpaired) electrons. The van der Waals surface area contributed by atoms with Crippen LogP contribution in [0.4, 0.5) is 10.1 Å². The van der Waals surface area contributed by atoms with E-state index in [4.69, 9.17) is 5.73 Å². The largest absolute Gasteiger partial charge is 0.398 e. The van der Waals surface area contributed by atoms with E-state index < -0.39 is 15.8 Å². The molecule has 0 aliphatic rings. The van der Waals surface area contributed by atoms with Crippen LogP contribution in [0, 0.1) is 11.7 Å². The summed E-state index contributed by atoms with van der Waals surface area (Å²) in [6.45, 7) is 4.07. The molecule has 0 fully saturated rings. The Morgan fingerprint density at radius 2 is 2.06 bits per heavy atom. The minimum absolute atomic E-state index is 0.0663. The molecule has 0 saturated carbocycles. The van der Waals surface area contributed by atoms with Gasteiger partial charge < -0.3 is 5.73 Å². The van der Waals surface area contributed by atoms with E-state index in [9.17, 15) is 12.8 Å². The van der Waals surface area contributed by atoms with Crippen molar-refractivity contribution in [1.82, 2.24) is 4.72 Å². The third-order valence-electron chi connectivity index (χ3n) is 2.02. The molecule has 0 aliphatic carbocycles. The molecule has 0 amide bonds. The second kappa shape index (κ2) is 5.32. The van der Waals surface area contributed by atoms with Crippen molar-refractivity contribution in [1.29, 1.82) is 0 Å². The Balaban J connectivity index is 3.11. The average molecular weight is 325 g/mol. The van der Waals surface area contributed by atoms with Gasteiger partial charge in [0.1, 0.15) is 10.7 Å². The quantitative estimate of drug-likeness (QED) is 0.833.